The lowest BCUT2D eigenvalue weighted by molar-refractivity contribution is -0.142. The third-order valence-corrected chi connectivity index (χ3v) is 14.5. The van der Waals surface area contributed by atoms with E-state index < -0.39 is 68.7 Å². The van der Waals surface area contributed by atoms with E-state index in [2.05, 4.69) is 21.9 Å². The molecule has 0 spiro atoms. The molecule has 2 aliphatic heterocycles. The zero-order valence-corrected chi connectivity index (χ0v) is 34.4. The number of carbonyl (C=O) groups is 4. The van der Waals surface area contributed by atoms with E-state index in [0.717, 1.165) is 42.2 Å². The molecule has 2 aromatic carbocycles. The highest BCUT2D eigenvalue weighted by molar-refractivity contribution is 7.91. The molecule has 59 heavy (non-hydrogen) atoms. The van der Waals surface area contributed by atoms with Crippen molar-refractivity contribution >= 4 is 44.7 Å². The summed E-state index contributed by atoms with van der Waals surface area (Å²) in [6.07, 6.45) is 6.77. The summed E-state index contributed by atoms with van der Waals surface area (Å²) in [5.41, 5.74) is 1.60. The highest BCUT2D eigenvalue weighted by Crippen LogP contribution is 2.46. The van der Waals surface area contributed by atoms with E-state index in [9.17, 15) is 27.6 Å². The predicted molar refractivity (Wildman–Crippen MR) is 220 cm³/mol. The summed E-state index contributed by atoms with van der Waals surface area (Å²) >= 11 is 0. The molecule has 8 rings (SSSR count). The molecular weight excluding hydrogens is 775 g/mol. The van der Waals surface area contributed by atoms with E-state index in [1.54, 1.807) is 7.11 Å². The summed E-state index contributed by atoms with van der Waals surface area (Å²) in [5.74, 6) is -1.34. The van der Waals surface area contributed by atoms with Gasteiger partial charge in [0.25, 0.3) is 5.91 Å². The van der Waals surface area contributed by atoms with Gasteiger partial charge in [-0.25, -0.2) is 18.2 Å². The van der Waals surface area contributed by atoms with Crippen molar-refractivity contribution in [3.05, 3.63) is 66.7 Å². The van der Waals surface area contributed by atoms with E-state index in [1.165, 1.54) is 11.0 Å². The smallest absolute Gasteiger partial charge is 0.407 e. The topological polar surface area (TPSA) is 182 Å². The second-order valence-electron chi connectivity index (χ2n) is 17.0. The van der Waals surface area contributed by atoms with Crippen LogP contribution in [0.15, 0.2) is 61.2 Å². The minimum Gasteiger partial charge on any atom is -0.496 e. The number of alkyl carbamates (subject to hydrolysis) is 1. The molecule has 15 heteroatoms. The number of pyridine rings is 1. The molecule has 14 nitrogen and oxygen atoms in total. The Kier molecular flexibility index (Phi) is 11.3. The Morgan fingerprint density at radius 1 is 1.05 bits per heavy atom. The third-order valence-electron chi connectivity index (χ3n) is 12.7. The molecule has 3 N–H and O–H groups in total. The first-order chi connectivity index (χ1) is 28.4. The maximum Gasteiger partial charge on any atom is 0.407 e. The molecule has 6 atom stereocenters. The maximum absolute atomic E-state index is 14.9. The van der Waals surface area contributed by atoms with Crippen LogP contribution in [0.1, 0.15) is 76.7 Å². The fraction of sp³-hybridized carbons (Fsp3) is 0.523. The van der Waals surface area contributed by atoms with Crippen LogP contribution in [0.2, 0.25) is 0 Å². The number of carbonyl (C=O) groups excluding carboxylic acids is 4. The lowest BCUT2D eigenvalue weighted by atomic mass is 9.96. The minimum absolute atomic E-state index is 0.00153. The molecule has 1 unspecified atom stereocenters. The van der Waals surface area contributed by atoms with E-state index >= 15 is 0 Å². The number of rotatable bonds is 9. The first-order valence-electron chi connectivity index (χ1n) is 20.9. The summed E-state index contributed by atoms with van der Waals surface area (Å²) in [7, 11) is -2.28. The average molecular weight is 828 g/mol. The number of methoxy groups -OCH3 is 1. The van der Waals surface area contributed by atoms with Crippen LogP contribution in [0.4, 0.5) is 4.79 Å². The Hall–Kier alpha value is -5.18. The van der Waals surface area contributed by atoms with Crippen LogP contribution in [0.3, 0.4) is 0 Å². The van der Waals surface area contributed by atoms with Crippen LogP contribution >= 0.6 is 0 Å². The van der Waals surface area contributed by atoms with Gasteiger partial charge < -0.3 is 29.7 Å². The Bertz CT molecular complexity index is 2240. The molecule has 0 radical (unpaired) electrons. The van der Waals surface area contributed by atoms with Crippen LogP contribution in [0.5, 0.6) is 11.5 Å². The molecule has 3 aromatic rings. The van der Waals surface area contributed by atoms with Crippen LogP contribution < -0.4 is 24.8 Å². The van der Waals surface area contributed by atoms with Crippen molar-refractivity contribution in [1.29, 1.82) is 0 Å². The Morgan fingerprint density at radius 3 is 2.51 bits per heavy atom. The van der Waals surface area contributed by atoms with Gasteiger partial charge in [-0.05, 0) is 74.8 Å². The number of ether oxygens (including phenoxy) is 3. The van der Waals surface area contributed by atoms with Crippen molar-refractivity contribution in [2.45, 2.75) is 107 Å². The van der Waals surface area contributed by atoms with Gasteiger partial charge in [-0.3, -0.25) is 19.1 Å². The second kappa shape index (κ2) is 16.5. The second-order valence-corrected chi connectivity index (χ2v) is 18.9. The number of hydrogen-bond acceptors (Lipinski definition) is 10. The molecule has 4 bridgehead atoms. The predicted octanol–water partition coefficient (Wildman–Crippen LogP) is 5.19. The summed E-state index contributed by atoms with van der Waals surface area (Å²) in [6, 6.07) is 13.4. The number of aromatic nitrogens is 1. The van der Waals surface area contributed by atoms with Crippen molar-refractivity contribution in [3.8, 4) is 22.8 Å². The normalized spacial score (nSPS) is 27.8. The number of nitrogens with zero attached hydrogens (tertiary/aromatic N) is 2. The van der Waals surface area contributed by atoms with Crippen molar-refractivity contribution in [3.63, 3.8) is 0 Å². The van der Waals surface area contributed by atoms with E-state index in [1.807, 2.05) is 55.5 Å². The molecule has 314 valence electrons. The Labute approximate surface area is 344 Å². The van der Waals surface area contributed by atoms with Gasteiger partial charge in [-0.15, -0.1) is 6.58 Å². The largest absolute Gasteiger partial charge is 0.496 e. The first-order valence-corrected chi connectivity index (χ1v) is 22.4. The monoisotopic (exact) mass is 827 g/mol. The van der Waals surface area contributed by atoms with Crippen LogP contribution in [0, 0.1) is 17.8 Å². The summed E-state index contributed by atoms with van der Waals surface area (Å²) < 4.78 is 46.3. The lowest BCUT2D eigenvalue weighted by Crippen LogP contribution is -2.59. The SMILES string of the molecule is C=C[C@H]1C[C@]1(NC(=O)[C@@H]1C[C@@H]2CN1C(=O)[C@H](C1CCCC1)NC(=O)OCC(C)CCCc1cc3c(cc(-c4ccccc4)nc3cc1OC)O2)C(=O)NS(=O)(=O)C1CC1. The summed E-state index contributed by atoms with van der Waals surface area (Å²) in [6.45, 7) is 6.01. The van der Waals surface area contributed by atoms with Crippen LogP contribution in [0.25, 0.3) is 22.2 Å². The van der Waals surface area contributed by atoms with Gasteiger partial charge in [0.05, 0.1) is 36.7 Å². The third kappa shape index (κ3) is 8.48. The van der Waals surface area contributed by atoms with Gasteiger partial charge in [0, 0.05) is 35.4 Å². The van der Waals surface area contributed by atoms with Gasteiger partial charge in [0.15, 0.2) is 0 Å². The van der Waals surface area contributed by atoms with Crippen LogP contribution in [-0.2, 0) is 35.6 Å². The number of benzene rings is 2. The van der Waals surface area contributed by atoms with E-state index in [-0.39, 0.29) is 37.8 Å². The van der Waals surface area contributed by atoms with Crippen molar-refractivity contribution in [1.82, 2.24) is 25.2 Å². The number of aryl methyl sites for hydroxylation is 1. The average Bonchev–Trinajstić information content (AvgIpc) is 4.10. The summed E-state index contributed by atoms with van der Waals surface area (Å²) in [4.78, 5) is 63.0. The van der Waals surface area contributed by atoms with Gasteiger partial charge in [-0.2, -0.15) is 0 Å². The highest BCUT2D eigenvalue weighted by Gasteiger charge is 2.62. The van der Waals surface area contributed by atoms with E-state index in [0.29, 0.717) is 54.8 Å². The number of hydrogen-bond donors (Lipinski definition) is 3. The Balaban J connectivity index is 1.18. The Morgan fingerprint density at radius 2 is 1.81 bits per heavy atom. The zero-order chi connectivity index (χ0) is 41.5. The number of amides is 4. The maximum atomic E-state index is 14.9. The fourth-order valence-corrected chi connectivity index (χ4v) is 10.4. The lowest BCUT2D eigenvalue weighted by Gasteiger charge is -2.32. The quantitative estimate of drug-likeness (QED) is 0.243. The van der Waals surface area contributed by atoms with Gasteiger partial charge in [0.2, 0.25) is 21.8 Å². The minimum atomic E-state index is -3.91. The molecule has 3 aliphatic carbocycles. The number of nitrogens with one attached hydrogen (secondary N) is 3. The molecule has 3 saturated carbocycles. The molecular formula is C44H53N5O9S. The molecule has 1 saturated heterocycles. The molecule has 3 heterocycles. The first kappa shape index (κ1) is 40.6. The fourth-order valence-electron chi connectivity index (χ4n) is 9.04. The van der Waals surface area contributed by atoms with Crippen LogP contribution in [-0.4, -0.2) is 91.4 Å². The standard InChI is InChI=1S/C44H53N5O9S/c1-4-30-23-44(30,42(52)48-59(54,55)32-17-18-32)47-40(50)36-20-31-24-49(36)41(51)39(28-14-8-9-15-28)46-43(53)57-25-26(2)11-10-16-29-19-33-35(22-37(29)56-3)45-34(21-38(33)58-31)27-12-6-5-7-13-27/h4-7,12-13,19,21-22,26,28,30-32,36,39H,1,8-11,14-18,20,23-25H2,2-3H3,(H,46,53)(H,47,50)(H,48,52)/t26?,30-,31+,36-,39-,44+/m0/s1. The van der Waals surface area contributed by atoms with Gasteiger partial charge >= 0.3 is 6.09 Å². The van der Waals surface area contributed by atoms with Crippen molar-refractivity contribution in [2.75, 3.05) is 20.3 Å². The molecule has 1 aromatic heterocycles. The molecule has 5 aliphatic rings. The number of sulfonamides is 1. The molecule has 4 fully saturated rings. The van der Waals surface area contributed by atoms with Crippen molar-refractivity contribution in [2.24, 2.45) is 17.8 Å². The van der Waals surface area contributed by atoms with E-state index in [4.69, 9.17) is 19.2 Å². The zero-order valence-electron chi connectivity index (χ0n) is 33.6. The number of fused-ring (bicyclic) bond motifs is 3. The van der Waals surface area contributed by atoms with Crippen molar-refractivity contribution < 1.29 is 41.8 Å². The van der Waals surface area contributed by atoms with Gasteiger partial charge in [-0.1, -0.05) is 56.2 Å². The number of cyclic esters (lactones) is 1. The highest BCUT2D eigenvalue weighted by atomic mass is 32.2. The summed E-state index contributed by atoms with van der Waals surface area (Å²) in [5, 5.41) is 5.86. The van der Waals surface area contributed by atoms with Gasteiger partial charge in [0.1, 0.15) is 35.2 Å². The molecule has 4 amide bonds.